The number of nitrogens with zero attached hydrogens (tertiary/aromatic N) is 1. The van der Waals surface area contributed by atoms with E-state index in [1.165, 1.54) is 18.4 Å². The molecular weight excluding hydrogens is 286 g/mol. The van der Waals surface area contributed by atoms with Gasteiger partial charge in [0.2, 0.25) is 0 Å². The van der Waals surface area contributed by atoms with Crippen molar-refractivity contribution in [3.63, 3.8) is 0 Å². The monoisotopic (exact) mass is 304 g/mol. The first kappa shape index (κ1) is 15.2. The van der Waals surface area contributed by atoms with Crippen molar-refractivity contribution in [2.45, 2.75) is 26.2 Å². The quantitative estimate of drug-likeness (QED) is 0.723. The van der Waals surface area contributed by atoms with Crippen LogP contribution in [-0.4, -0.2) is 11.0 Å². The first-order chi connectivity index (χ1) is 11.2. The predicted octanol–water partition coefficient (Wildman–Crippen LogP) is 3.61. The van der Waals surface area contributed by atoms with Gasteiger partial charge < -0.3 is 9.90 Å². The summed E-state index contributed by atoms with van der Waals surface area (Å²) < 4.78 is 0. The van der Waals surface area contributed by atoms with Crippen LogP contribution in [0.5, 0.6) is 0 Å². The highest BCUT2D eigenvalue weighted by atomic mass is 16.4. The van der Waals surface area contributed by atoms with Crippen LogP contribution in [0, 0.1) is 0 Å². The molecule has 2 aromatic carbocycles. The number of aromatic carboxylic acids is 1. The van der Waals surface area contributed by atoms with E-state index in [9.17, 15) is 9.90 Å². The van der Waals surface area contributed by atoms with Crippen molar-refractivity contribution >= 4 is 16.9 Å². The number of para-hydroxylation sites is 1. The normalized spacial score (nSPS) is 10.8. The lowest BCUT2D eigenvalue weighted by Crippen LogP contribution is -2.22. The molecule has 0 fully saturated rings. The number of hydrogen-bond donors (Lipinski definition) is 0. The van der Waals surface area contributed by atoms with E-state index in [0.29, 0.717) is 16.6 Å². The molecule has 0 spiro atoms. The van der Waals surface area contributed by atoms with Gasteiger partial charge >= 0.3 is 0 Å². The molecule has 1 heterocycles. The molecule has 0 unspecified atom stereocenters. The summed E-state index contributed by atoms with van der Waals surface area (Å²) in [5.74, 6) is -1.18. The lowest BCUT2D eigenvalue weighted by Gasteiger charge is -2.11. The molecule has 0 saturated heterocycles. The molecule has 116 valence electrons. The summed E-state index contributed by atoms with van der Waals surface area (Å²) >= 11 is 0. The number of aryl methyl sites for hydroxylation is 1. The van der Waals surface area contributed by atoms with Crippen LogP contribution in [0.15, 0.2) is 54.6 Å². The summed E-state index contributed by atoms with van der Waals surface area (Å²) in [6.07, 6.45) is 3.40. The van der Waals surface area contributed by atoms with Crippen LogP contribution in [0.3, 0.4) is 0 Å². The Labute approximate surface area is 135 Å². The second-order valence-electron chi connectivity index (χ2n) is 5.66. The number of carbonyl (C=O) groups is 1. The van der Waals surface area contributed by atoms with Gasteiger partial charge in [0.1, 0.15) is 0 Å². The molecule has 3 nitrogen and oxygen atoms in total. The van der Waals surface area contributed by atoms with Gasteiger partial charge in [-0.2, -0.15) is 0 Å². The predicted molar refractivity (Wildman–Crippen MR) is 90.1 cm³/mol. The molecule has 0 aliphatic carbocycles. The van der Waals surface area contributed by atoms with Gasteiger partial charge in [-0.15, -0.1) is 0 Å². The van der Waals surface area contributed by atoms with Gasteiger partial charge in [0.25, 0.3) is 0 Å². The number of rotatable bonds is 5. The zero-order valence-electron chi connectivity index (χ0n) is 13.1. The number of unbranched alkanes of at least 4 members (excludes halogenated alkanes) is 1. The van der Waals surface area contributed by atoms with E-state index in [2.05, 4.69) is 24.0 Å². The van der Waals surface area contributed by atoms with Crippen LogP contribution >= 0.6 is 0 Å². The Hall–Kier alpha value is -2.68. The number of carboxylic acids is 1. The third-order valence-corrected chi connectivity index (χ3v) is 4.00. The first-order valence-corrected chi connectivity index (χ1v) is 7.89. The van der Waals surface area contributed by atoms with Crippen molar-refractivity contribution in [2.75, 3.05) is 0 Å². The summed E-state index contributed by atoms with van der Waals surface area (Å²) in [6.45, 7) is 2.18. The van der Waals surface area contributed by atoms with E-state index in [0.717, 1.165) is 12.0 Å². The van der Waals surface area contributed by atoms with Crippen LogP contribution in [0.1, 0.15) is 35.7 Å². The summed E-state index contributed by atoms with van der Waals surface area (Å²) in [6, 6.07) is 17.0. The Morgan fingerprint density at radius 2 is 1.83 bits per heavy atom. The molecule has 0 radical (unpaired) electrons. The molecule has 3 heteroatoms. The number of fused-ring (bicyclic) bond motifs is 1. The minimum atomic E-state index is -1.18. The highest BCUT2D eigenvalue weighted by molar-refractivity contribution is 6.02. The maximum atomic E-state index is 11.4. The smallest absolute Gasteiger partial charge is 0.0722 e. The van der Waals surface area contributed by atoms with Crippen LogP contribution in [0.4, 0.5) is 0 Å². The lowest BCUT2D eigenvalue weighted by atomic mass is 10.0. The van der Waals surface area contributed by atoms with Crippen LogP contribution in [0.2, 0.25) is 0 Å². The first-order valence-electron chi connectivity index (χ1n) is 7.89. The molecule has 3 rings (SSSR count). The zero-order chi connectivity index (χ0) is 16.2. The fraction of sp³-hybridized carbons (Fsp3) is 0.200. The fourth-order valence-corrected chi connectivity index (χ4v) is 2.72. The van der Waals surface area contributed by atoms with Crippen molar-refractivity contribution in [3.05, 3.63) is 65.7 Å². The van der Waals surface area contributed by atoms with E-state index < -0.39 is 5.97 Å². The van der Waals surface area contributed by atoms with Gasteiger partial charge in [0.15, 0.2) is 0 Å². The highest BCUT2D eigenvalue weighted by Crippen LogP contribution is 2.25. The maximum Gasteiger partial charge on any atom is 0.0722 e. The number of hydrogen-bond acceptors (Lipinski definition) is 3. The van der Waals surface area contributed by atoms with Gasteiger partial charge in [-0.25, -0.2) is 4.98 Å². The molecule has 0 aliphatic rings. The van der Waals surface area contributed by atoms with E-state index in [1.807, 2.05) is 24.3 Å². The maximum absolute atomic E-state index is 11.4. The van der Waals surface area contributed by atoms with Gasteiger partial charge in [-0.1, -0.05) is 55.8 Å². The molecule has 0 saturated carbocycles. The Balaban J connectivity index is 2.04. The van der Waals surface area contributed by atoms with E-state index in [1.54, 1.807) is 18.2 Å². The number of benzene rings is 2. The van der Waals surface area contributed by atoms with E-state index >= 15 is 0 Å². The zero-order valence-corrected chi connectivity index (χ0v) is 13.1. The van der Waals surface area contributed by atoms with Gasteiger partial charge in [0, 0.05) is 16.5 Å². The molecule has 3 aromatic rings. The Kier molecular flexibility index (Phi) is 4.38. The second-order valence-corrected chi connectivity index (χ2v) is 5.66. The van der Waals surface area contributed by atoms with Crippen molar-refractivity contribution < 1.29 is 9.90 Å². The SMILES string of the molecule is CCCCc1ccc(-c2cc(C(=O)[O-])c3ccccc3n2)cc1. The highest BCUT2D eigenvalue weighted by Gasteiger charge is 2.08. The van der Waals surface area contributed by atoms with Gasteiger partial charge in [-0.3, -0.25) is 0 Å². The number of carboxylic acid groups (broad SMARTS) is 1. The Morgan fingerprint density at radius 1 is 1.09 bits per heavy atom. The Morgan fingerprint density at radius 3 is 2.52 bits per heavy atom. The van der Waals surface area contributed by atoms with Crippen molar-refractivity contribution in [1.82, 2.24) is 4.98 Å². The van der Waals surface area contributed by atoms with Crippen molar-refractivity contribution in [1.29, 1.82) is 0 Å². The molecule has 0 atom stereocenters. The Bertz CT molecular complexity index is 838. The molecule has 1 aromatic heterocycles. The van der Waals surface area contributed by atoms with Crippen LogP contribution < -0.4 is 5.11 Å². The number of aromatic nitrogens is 1. The topological polar surface area (TPSA) is 53.0 Å². The van der Waals surface area contributed by atoms with Crippen molar-refractivity contribution in [3.8, 4) is 11.3 Å². The van der Waals surface area contributed by atoms with E-state index in [4.69, 9.17) is 0 Å². The van der Waals surface area contributed by atoms with Crippen molar-refractivity contribution in [2.24, 2.45) is 0 Å². The lowest BCUT2D eigenvalue weighted by molar-refractivity contribution is -0.254. The molecule has 23 heavy (non-hydrogen) atoms. The minimum absolute atomic E-state index is 0.181. The molecular formula is C20H18NO2-. The van der Waals surface area contributed by atoms with Gasteiger partial charge in [-0.05, 0) is 30.5 Å². The summed E-state index contributed by atoms with van der Waals surface area (Å²) in [7, 11) is 0. The molecule has 0 aliphatic heterocycles. The average Bonchev–Trinajstić information content (AvgIpc) is 2.59. The molecule has 0 N–H and O–H groups in total. The molecule has 0 amide bonds. The fourth-order valence-electron chi connectivity index (χ4n) is 2.72. The number of carbonyl (C=O) groups excluding carboxylic acids is 1. The standard InChI is InChI=1S/C20H19NO2/c1-2-3-6-14-9-11-15(12-10-14)19-13-17(20(22)23)16-7-4-5-8-18(16)21-19/h4-5,7-13H,2-3,6H2,1H3,(H,22,23)/p-1. The molecule has 0 bridgehead atoms. The summed E-state index contributed by atoms with van der Waals surface area (Å²) in [5, 5.41) is 12.0. The van der Waals surface area contributed by atoms with Crippen LogP contribution in [-0.2, 0) is 6.42 Å². The summed E-state index contributed by atoms with van der Waals surface area (Å²) in [4.78, 5) is 16.0. The van der Waals surface area contributed by atoms with E-state index in [-0.39, 0.29) is 5.56 Å². The van der Waals surface area contributed by atoms with Gasteiger partial charge in [0.05, 0.1) is 17.2 Å². The average molecular weight is 304 g/mol. The third kappa shape index (κ3) is 3.24. The third-order valence-electron chi connectivity index (χ3n) is 4.00. The number of pyridine rings is 1. The van der Waals surface area contributed by atoms with Crippen LogP contribution in [0.25, 0.3) is 22.2 Å². The minimum Gasteiger partial charge on any atom is -0.545 e. The largest absolute Gasteiger partial charge is 0.545 e. The summed E-state index contributed by atoms with van der Waals surface area (Å²) in [5.41, 5.74) is 3.71. The second kappa shape index (κ2) is 6.61.